The molecule has 2 aliphatic rings. The lowest BCUT2D eigenvalue weighted by atomic mass is 9.68. The van der Waals surface area contributed by atoms with Crippen molar-refractivity contribution in [3.05, 3.63) is 71.8 Å². The van der Waals surface area contributed by atoms with Crippen molar-refractivity contribution in [2.45, 2.75) is 78.4 Å². The van der Waals surface area contributed by atoms with Gasteiger partial charge in [0.05, 0.1) is 12.2 Å². The molecule has 3 heteroatoms. The topological polar surface area (TPSA) is 43.4 Å². The van der Waals surface area contributed by atoms with Crippen LogP contribution in [0.1, 0.15) is 89.6 Å². The predicted molar refractivity (Wildman–Crippen MR) is 141 cm³/mol. The minimum atomic E-state index is -0.178. The molecule has 2 aromatic rings. The van der Waals surface area contributed by atoms with Gasteiger partial charge in [-0.1, -0.05) is 74.5 Å². The van der Waals surface area contributed by atoms with Crippen molar-refractivity contribution in [3.63, 3.8) is 0 Å². The zero-order valence-corrected chi connectivity index (χ0v) is 21.9. The van der Waals surface area contributed by atoms with E-state index in [9.17, 15) is 9.59 Å². The van der Waals surface area contributed by atoms with Crippen LogP contribution in [0.3, 0.4) is 0 Å². The molecule has 0 spiro atoms. The molecule has 0 amide bonds. The minimum absolute atomic E-state index is 0.0155. The molecule has 0 N–H and O–H groups in total. The SMILES string of the molecule is CC(=O)C1CCC(C)CC1C(OC(c1ccccc1)[C@@H]1C[C@H](C)CC[C@H]1C(C)=O)c1ccccc1. The van der Waals surface area contributed by atoms with Gasteiger partial charge in [0.2, 0.25) is 0 Å². The Hall–Kier alpha value is -2.26. The lowest BCUT2D eigenvalue weighted by Gasteiger charge is -2.44. The summed E-state index contributed by atoms with van der Waals surface area (Å²) in [6.45, 7) is 8.10. The zero-order chi connectivity index (χ0) is 24.9. The Balaban J connectivity index is 1.77. The summed E-state index contributed by atoms with van der Waals surface area (Å²) in [4.78, 5) is 25.6. The van der Waals surface area contributed by atoms with Crippen molar-refractivity contribution in [2.24, 2.45) is 35.5 Å². The molecule has 4 rings (SSSR count). The number of ether oxygens (including phenoxy) is 1. The molecule has 0 saturated heterocycles. The van der Waals surface area contributed by atoms with E-state index in [1.165, 1.54) is 0 Å². The van der Waals surface area contributed by atoms with Crippen LogP contribution in [0.4, 0.5) is 0 Å². The highest BCUT2D eigenvalue weighted by molar-refractivity contribution is 5.79. The maximum Gasteiger partial charge on any atom is 0.133 e. The molecule has 3 nitrogen and oxygen atoms in total. The smallest absolute Gasteiger partial charge is 0.133 e. The Labute approximate surface area is 211 Å². The molecule has 35 heavy (non-hydrogen) atoms. The third kappa shape index (κ3) is 6.12. The number of hydrogen-bond acceptors (Lipinski definition) is 3. The maximum absolute atomic E-state index is 12.8. The number of hydrogen-bond donors (Lipinski definition) is 0. The molecule has 8 atom stereocenters. The van der Waals surface area contributed by atoms with E-state index in [4.69, 9.17) is 4.74 Å². The third-order valence-electron chi connectivity index (χ3n) is 8.70. The van der Waals surface area contributed by atoms with Gasteiger partial charge >= 0.3 is 0 Å². The summed E-state index contributed by atoms with van der Waals surface area (Å²) in [5.41, 5.74) is 2.28. The Bertz CT molecular complexity index is 889. The summed E-state index contributed by atoms with van der Waals surface area (Å²) in [6, 6.07) is 20.9. The minimum Gasteiger partial charge on any atom is -0.365 e. The van der Waals surface area contributed by atoms with Gasteiger partial charge in [-0.15, -0.1) is 0 Å². The first-order valence-electron chi connectivity index (χ1n) is 13.6. The van der Waals surface area contributed by atoms with Crippen molar-refractivity contribution >= 4 is 11.6 Å². The summed E-state index contributed by atoms with van der Waals surface area (Å²) in [7, 11) is 0. The largest absolute Gasteiger partial charge is 0.365 e. The van der Waals surface area contributed by atoms with E-state index in [0.717, 1.165) is 49.7 Å². The molecule has 0 heterocycles. The van der Waals surface area contributed by atoms with Crippen LogP contribution < -0.4 is 0 Å². The fourth-order valence-electron chi connectivity index (χ4n) is 6.83. The highest BCUT2D eigenvalue weighted by Gasteiger charge is 2.43. The van der Waals surface area contributed by atoms with Crippen LogP contribution in [0.5, 0.6) is 0 Å². The summed E-state index contributed by atoms with van der Waals surface area (Å²) < 4.78 is 7.25. The van der Waals surface area contributed by atoms with Gasteiger partial charge in [0.15, 0.2) is 0 Å². The van der Waals surface area contributed by atoms with Crippen molar-refractivity contribution in [3.8, 4) is 0 Å². The molecule has 2 aromatic carbocycles. The molecule has 188 valence electrons. The standard InChI is InChI=1S/C32H42O3/c1-21-15-17-27(23(3)33)29(19-21)31(25-11-7-5-8-12-25)35-32(26-13-9-6-10-14-26)30-20-22(2)16-18-28(30)24(4)34/h5-14,21-22,27-32H,15-20H2,1-4H3/t21-,22?,27+,28?,29-,30?,31?,32?/m1/s1. The van der Waals surface area contributed by atoms with Crippen molar-refractivity contribution in [2.75, 3.05) is 0 Å². The first-order chi connectivity index (χ1) is 16.8. The molecule has 2 fully saturated rings. The highest BCUT2D eigenvalue weighted by Crippen LogP contribution is 2.49. The van der Waals surface area contributed by atoms with Gasteiger partial charge in [-0.2, -0.15) is 0 Å². The van der Waals surface area contributed by atoms with Crippen molar-refractivity contribution in [1.82, 2.24) is 0 Å². The Morgan fingerprint density at radius 3 is 1.37 bits per heavy atom. The summed E-state index contributed by atoms with van der Waals surface area (Å²) in [5, 5.41) is 0. The molecule has 0 bridgehead atoms. The quantitative estimate of drug-likeness (QED) is 0.392. The average Bonchev–Trinajstić information content (AvgIpc) is 2.85. The number of rotatable bonds is 8. The van der Waals surface area contributed by atoms with E-state index < -0.39 is 0 Å². The summed E-state index contributed by atoms with van der Waals surface area (Å²) in [6.07, 6.45) is 5.67. The van der Waals surface area contributed by atoms with E-state index in [1.54, 1.807) is 13.8 Å². The van der Waals surface area contributed by atoms with Crippen LogP contribution in [0, 0.1) is 35.5 Å². The Morgan fingerprint density at radius 1 is 0.657 bits per heavy atom. The fraction of sp³-hybridized carbons (Fsp3) is 0.562. The van der Waals surface area contributed by atoms with E-state index in [-0.39, 0.29) is 47.4 Å². The van der Waals surface area contributed by atoms with Gasteiger partial charge in [-0.3, -0.25) is 9.59 Å². The van der Waals surface area contributed by atoms with Gasteiger partial charge in [-0.05, 0) is 87.2 Å². The Morgan fingerprint density at radius 2 is 1.03 bits per heavy atom. The first-order valence-corrected chi connectivity index (χ1v) is 13.6. The molecular formula is C32H42O3. The van der Waals surface area contributed by atoms with Crippen LogP contribution in [0.15, 0.2) is 60.7 Å². The van der Waals surface area contributed by atoms with Gasteiger partial charge in [0, 0.05) is 11.8 Å². The van der Waals surface area contributed by atoms with E-state index in [2.05, 4.69) is 62.4 Å². The monoisotopic (exact) mass is 474 g/mol. The first kappa shape index (κ1) is 25.8. The lowest BCUT2D eigenvalue weighted by molar-refractivity contribution is -0.142. The molecule has 0 radical (unpaired) electrons. The zero-order valence-electron chi connectivity index (χ0n) is 21.9. The number of carbonyl (C=O) groups is 2. The molecule has 2 saturated carbocycles. The van der Waals surface area contributed by atoms with Crippen molar-refractivity contribution < 1.29 is 14.3 Å². The van der Waals surface area contributed by atoms with Crippen LogP contribution in [0.2, 0.25) is 0 Å². The summed E-state index contributed by atoms with van der Waals surface area (Å²) >= 11 is 0. The van der Waals surface area contributed by atoms with Gasteiger partial charge in [0.25, 0.3) is 0 Å². The molecule has 0 aromatic heterocycles. The van der Waals surface area contributed by atoms with Crippen molar-refractivity contribution in [1.29, 1.82) is 0 Å². The van der Waals surface area contributed by atoms with Gasteiger partial charge in [-0.25, -0.2) is 0 Å². The number of benzene rings is 2. The number of carbonyl (C=O) groups excluding carboxylic acids is 2. The Kier molecular flexibility index (Phi) is 8.59. The second kappa shape index (κ2) is 11.6. The molecule has 5 unspecified atom stereocenters. The molecule has 2 aliphatic carbocycles. The number of Topliss-reactive ketones (excluding diaryl/α,β-unsaturated/α-hetero) is 2. The second-order valence-corrected chi connectivity index (χ2v) is 11.4. The normalized spacial score (nSPS) is 30.9. The average molecular weight is 475 g/mol. The van der Waals surface area contributed by atoms with Crippen LogP contribution in [0.25, 0.3) is 0 Å². The summed E-state index contributed by atoms with van der Waals surface area (Å²) in [5.74, 6) is 2.00. The number of ketones is 2. The van der Waals surface area contributed by atoms with Crippen LogP contribution >= 0.6 is 0 Å². The lowest BCUT2D eigenvalue weighted by Crippen LogP contribution is -2.38. The van der Waals surface area contributed by atoms with Gasteiger partial charge in [0.1, 0.15) is 11.6 Å². The van der Waals surface area contributed by atoms with E-state index >= 15 is 0 Å². The second-order valence-electron chi connectivity index (χ2n) is 11.4. The molecule has 0 aliphatic heterocycles. The van der Waals surface area contributed by atoms with Crippen LogP contribution in [-0.4, -0.2) is 11.6 Å². The third-order valence-corrected chi connectivity index (χ3v) is 8.70. The highest BCUT2D eigenvalue weighted by atomic mass is 16.5. The maximum atomic E-state index is 12.8. The van der Waals surface area contributed by atoms with E-state index in [1.807, 2.05) is 12.1 Å². The van der Waals surface area contributed by atoms with Crippen LogP contribution in [-0.2, 0) is 14.3 Å². The van der Waals surface area contributed by atoms with E-state index in [0.29, 0.717) is 11.8 Å². The van der Waals surface area contributed by atoms with Gasteiger partial charge < -0.3 is 4.74 Å². The molecular weight excluding hydrogens is 432 g/mol. The predicted octanol–water partition coefficient (Wildman–Crippen LogP) is 7.77. The fourth-order valence-corrected chi connectivity index (χ4v) is 6.83.